The SMILES string of the molecule is C[C@H](CCc1ccccc1)O[C@@H]1O[C@H](CO)[C@@H](O)[C@H](O)[C@H]1O. The van der Waals surface area contributed by atoms with Gasteiger partial charge in [0.05, 0.1) is 12.7 Å². The Bertz CT molecular complexity index is 438. The molecule has 6 atom stereocenters. The van der Waals surface area contributed by atoms with Gasteiger partial charge >= 0.3 is 0 Å². The molecule has 1 saturated heterocycles. The molecule has 4 N–H and O–H groups in total. The normalized spacial score (nSPS) is 33.6. The van der Waals surface area contributed by atoms with E-state index < -0.39 is 37.3 Å². The van der Waals surface area contributed by atoms with Crippen molar-refractivity contribution < 1.29 is 29.9 Å². The number of ether oxygens (including phenoxy) is 2. The highest BCUT2D eigenvalue weighted by Gasteiger charge is 2.44. The number of hydrogen-bond donors (Lipinski definition) is 4. The molecule has 0 amide bonds. The first kappa shape index (κ1) is 17.3. The van der Waals surface area contributed by atoms with Crippen molar-refractivity contribution in [1.29, 1.82) is 0 Å². The third kappa shape index (κ3) is 4.25. The van der Waals surface area contributed by atoms with E-state index in [2.05, 4.69) is 0 Å². The van der Waals surface area contributed by atoms with E-state index in [-0.39, 0.29) is 6.10 Å². The second kappa shape index (κ2) is 8.01. The van der Waals surface area contributed by atoms with Crippen LogP contribution < -0.4 is 0 Å². The lowest BCUT2D eigenvalue weighted by molar-refractivity contribution is -0.310. The van der Waals surface area contributed by atoms with Crippen LogP contribution in [-0.2, 0) is 15.9 Å². The van der Waals surface area contributed by atoms with Gasteiger partial charge in [0, 0.05) is 0 Å². The van der Waals surface area contributed by atoms with Gasteiger partial charge < -0.3 is 29.9 Å². The lowest BCUT2D eigenvalue weighted by Gasteiger charge is -2.40. The van der Waals surface area contributed by atoms with Crippen molar-refractivity contribution in [3.8, 4) is 0 Å². The molecule has 22 heavy (non-hydrogen) atoms. The zero-order chi connectivity index (χ0) is 16.1. The minimum atomic E-state index is -1.41. The Balaban J connectivity index is 1.86. The summed E-state index contributed by atoms with van der Waals surface area (Å²) in [5.74, 6) is 0. The van der Waals surface area contributed by atoms with Gasteiger partial charge in [-0.2, -0.15) is 0 Å². The molecule has 0 unspecified atom stereocenters. The molecule has 0 aromatic heterocycles. The van der Waals surface area contributed by atoms with Crippen molar-refractivity contribution in [3.63, 3.8) is 0 Å². The third-order valence-corrected chi connectivity index (χ3v) is 3.90. The molecule has 0 aliphatic carbocycles. The smallest absolute Gasteiger partial charge is 0.186 e. The standard InChI is InChI=1S/C16H24O6/c1-10(7-8-11-5-3-2-4-6-11)21-16-15(20)14(19)13(18)12(9-17)22-16/h2-6,10,12-20H,7-9H2,1H3/t10-,12-,13-,14+,15-,16-/m1/s1. The van der Waals surface area contributed by atoms with E-state index in [0.29, 0.717) is 0 Å². The highest BCUT2D eigenvalue weighted by molar-refractivity contribution is 5.14. The van der Waals surface area contributed by atoms with Gasteiger partial charge in [0.25, 0.3) is 0 Å². The maximum atomic E-state index is 9.91. The molecule has 1 fully saturated rings. The van der Waals surface area contributed by atoms with Crippen molar-refractivity contribution in [2.45, 2.75) is 56.6 Å². The maximum absolute atomic E-state index is 9.91. The first-order valence-electron chi connectivity index (χ1n) is 7.53. The number of aliphatic hydroxyl groups is 4. The quantitative estimate of drug-likeness (QED) is 0.582. The molecule has 1 aliphatic rings. The summed E-state index contributed by atoms with van der Waals surface area (Å²) in [6.45, 7) is 1.40. The predicted molar refractivity (Wildman–Crippen MR) is 79.1 cm³/mol. The molecular weight excluding hydrogens is 288 g/mol. The molecule has 124 valence electrons. The molecule has 0 saturated carbocycles. The highest BCUT2D eigenvalue weighted by atomic mass is 16.7. The second-order valence-corrected chi connectivity index (χ2v) is 5.67. The first-order chi connectivity index (χ1) is 10.5. The van der Waals surface area contributed by atoms with Crippen molar-refractivity contribution in [2.75, 3.05) is 6.61 Å². The van der Waals surface area contributed by atoms with Crippen molar-refractivity contribution in [1.82, 2.24) is 0 Å². The van der Waals surface area contributed by atoms with E-state index in [1.807, 2.05) is 37.3 Å². The molecule has 1 aromatic rings. The third-order valence-electron chi connectivity index (χ3n) is 3.90. The van der Waals surface area contributed by atoms with Crippen LogP contribution >= 0.6 is 0 Å². The van der Waals surface area contributed by atoms with E-state index in [0.717, 1.165) is 12.8 Å². The lowest BCUT2D eigenvalue weighted by atomic mass is 9.99. The molecule has 2 rings (SSSR count). The van der Waals surface area contributed by atoms with Crippen LogP contribution in [0.1, 0.15) is 18.9 Å². The van der Waals surface area contributed by atoms with Crippen molar-refractivity contribution >= 4 is 0 Å². The van der Waals surface area contributed by atoms with E-state index in [1.54, 1.807) is 0 Å². The first-order valence-corrected chi connectivity index (χ1v) is 7.53. The minimum Gasteiger partial charge on any atom is -0.394 e. The maximum Gasteiger partial charge on any atom is 0.186 e. The van der Waals surface area contributed by atoms with Gasteiger partial charge in [-0.25, -0.2) is 0 Å². The Hall–Kier alpha value is -1.02. The summed E-state index contributed by atoms with van der Waals surface area (Å²) in [6, 6.07) is 9.95. The predicted octanol–water partition coefficient (Wildman–Crippen LogP) is -0.176. The summed E-state index contributed by atoms with van der Waals surface area (Å²) in [4.78, 5) is 0. The number of aliphatic hydroxyl groups excluding tert-OH is 4. The average molecular weight is 312 g/mol. The summed E-state index contributed by atoms with van der Waals surface area (Å²) in [5.41, 5.74) is 1.19. The summed E-state index contributed by atoms with van der Waals surface area (Å²) in [6.07, 6.45) is -4.79. The van der Waals surface area contributed by atoms with Gasteiger partial charge in [-0.15, -0.1) is 0 Å². The molecule has 1 aromatic carbocycles. The molecule has 6 heteroatoms. The summed E-state index contributed by atoms with van der Waals surface area (Å²) in [7, 11) is 0. The summed E-state index contributed by atoms with van der Waals surface area (Å²) in [5, 5.41) is 38.5. The fraction of sp³-hybridized carbons (Fsp3) is 0.625. The second-order valence-electron chi connectivity index (χ2n) is 5.67. The minimum absolute atomic E-state index is 0.207. The zero-order valence-corrected chi connectivity index (χ0v) is 12.6. The number of hydrogen-bond acceptors (Lipinski definition) is 6. The van der Waals surface area contributed by atoms with Crippen LogP contribution in [0.15, 0.2) is 30.3 Å². The molecule has 1 heterocycles. The van der Waals surface area contributed by atoms with E-state index in [9.17, 15) is 15.3 Å². The van der Waals surface area contributed by atoms with E-state index in [4.69, 9.17) is 14.6 Å². The largest absolute Gasteiger partial charge is 0.394 e. The van der Waals surface area contributed by atoms with Crippen LogP contribution in [0, 0.1) is 0 Å². The fourth-order valence-corrected chi connectivity index (χ4v) is 2.49. The average Bonchev–Trinajstić information content (AvgIpc) is 2.54. The van der Waals surface area contributed by atoms with E-state index in [1.165, 1.54) is 5.56 Å². The zero-order valence-electron chi connectivity index (χ0n) is 12.6. The van der Waals surface area contributed by atoms with Crippen molar-refractivity contribution in [3.05, 3.63) is 35.9 Å². The molecule has 0 spiro atoms. The van der Waals surface area contributed by atoms with Gasteiger partial charge in [0.1, 0.15) is 24.4 Å². The lowest BCUT2D eigenvalue weighted by Crippen LogP contribution is -2.59. The summed E-state index contributed by atoms with van der Waals surface area (Å²) < 4.78 is 10.9. The highest BCUT2D eigenvalue weighted by Crippen LogP contribution is 2.23. The monoisotopic (exact) mass is 312 g/mol. The molecule has 0 bridgehead atoms. The number of aryl methyl sites for hydroxylation is 1. The van der Waals surface area contributed by atoms with E-state index >= 15 is 0 Å². The van der Waals surface area contributed by atoms with Gasteiger partial charge in [0.2, 0.25) is 0 Å². The molecule has 1 aliphatic heterocycles. The molecule has 6 nitrogen and oxygen atoms in total. The summed E-state index contributed by atoms with van der Waals surface area (Å²) >= 11 is 0. The topological polar surface area (TPSA) is 99.4 Å². The Morgan fingerprint density at radius 1 is 1.09 bits per heavy atom. The van der Waals surface area contributed by atoms with Crippen LogP contribution in [0.5, 0.6) is 0 Å². The van der Waals surface area contributed by atoms with Crippen LogP contribution in [0.4, 0.5) is 0 Å². The van der Waals surface area contributed by atoms with Crippen LogP contribution in [-0.4, -0.2) is 63.8 Å². The number of benzene rings is 1. The Morgan fingerprint density at radius 2 is 1.77 bits per heavy atom. The van der Waals surface area contributed by atoms with Gasteiger partial charge in [-0.1, -0.05) is 30.3 Å². The van der Waals surface area contributed by atoms with Gasteiger partial charge in [-0.05, 0) is 25.3 Å². The molecular formula is C16H24O6. The van der Waals surface area contributed by atoms with Gasteiger partial charge in [0.15, 0.2) is 6.29 Å². The number of rotatable bonds is 6. The van der Waals surface area contributed by atoms with Crippen LogP contribution in [0.25, 0.3) is 0 Å². The molecule has 0 radical (unpaired) electrons. The van der Waals surface area contributed by atoms with Crippen LogP contribution in [0.3, 0.4) is 0 Å². The van der Waals surface area contributed by atoms with Crippen molar-refractivity contribution in [2.24, 2.45) is 0 Å². The van der Waals surface area contributed by atoms with Gasteiger partial charge in [-0.3, -0.25) is 0 Å². The van der Waals surface area contributed by atoms with Crippen LogP contribution in [0.2, 0.25) is 0 Å². The Labute approximate surface area is 129 Å². The Kier molecular flexibility index (Phi) is 6.31. The fourth-order valence-electron chi connectivity index (χ4n) is 2.49. The Morgan fingerprint density at radius 3 is 2.41 bits per heavy atom.